The average Bonchev–Trinajstić information content (AvgIpc) is 3.51. The molecule has 3 N–H and O–H groups in total. The molecule has 3 atom stereocenters. The maximum absolute atomic E-state index is 13.6. The van der Waals surface area contributed by atoms with Gasteiger partial charge in [0.25, 0.3) is 0 Å². The van der Waals surface area contributed by atoms with Crippen molar-refractivity contribution in [2.24, 2.45) is 11.8 Å². The van der Waals surface area contributed by atoms with E-state index in [2.05, 4.69) is 10.6 Å². The molecule has 9 nitrogen and oxygen atoms in total. The van der Waals surface area contributed by atoms with Crippen LogP contribution in [-0.2, 0) is 41.7 Å². The van der Waals surface area contributed by atoms with Crippen LogP contribution in [0.1, 0.15) is 68.9 Å². The summed E-state index contributed by atoms with van der Waals surface area (Å²) in [5, 5.41) is 15.6. The lowest BCUT2D eigenvalue weighted by Gasteiger charge is -2.29. The van der Waals surface area contributed by atoms with Crippen molar-refractivity contribution < 1.29 is 33.8 Å². The van der Waals surface area contributed by atoms with E-state index >= 15 is 0 Å². The fourth-order valence-corrected chi connectivity index (χ4v) is 5.86. The molecule has 4 rings (SSSR count). The van der Waals surface area contributed by atoms with Crippen molar-refractivity contribution in [2.75, 3.05) is 13.2 Å². The minimum absolute atomic E-state index is 0.00552. The summed E-state index contributed by atoms with van der Waals surface area (Å²) in [6.45, 7) is -0.540. The molecule has 2 aromatic rings. The number of carbonyl (C=O) groups is 4. The van der Waals surface area contributed by atoms with E-state index < -0.39 is 41.3 Å². The molecule has 1 aliphatic carbocycles. The lowest BCUT2D eigenvalue weighted by molar-refractivity contribution is -0.157. The van der Waals surface area contributed by atoms with Crippen molar-refractivity contribution in [3.63, 3.8) is 0 Å². The van der Waals surface area contributed by atoms with Gasteiger partial charge in [0.2, 0.25) is 11.8 Å². The number of hydrogen-bond donors (Lipinski definition) is 3. The zero-order valence-electron chi connectivity index (χ0n) is 25.2. The summed E-state index contributed by atoms with van der Waals surface area (Å²) in [6.07, 6.45) is 9.82. The number of cyclic esters (lactones) is 1. The van der Waals surface area contributed by atoms with Gasteiger partial charge in [-0.15, -0.1) is 0 Å². The largest absolute Gasteiger partial charge is 0.463 e. The van der Waals surface area contributed by atoms with Crippen LogP contribution in [0.5, 0.6) is 0 Å². The van der Waals surface area contributed by atoms with Gasteiger partial charge in [-0.1, -0.05) is 85.7 Å². The standard InChI is InChI=1S/C35H44N2O7/c38-25-35(19-11-12-20-35)37-31(39)22-28-17-9-1-2-10-18-29(21-26-13-5-3-6-14-26)33(41)44-24-30(36-32(28)40)34(42)43-23-27-15-7-4-8-16-27/h1,3-9,13-16,28-30,38H,2,10-12,17-25H2,(H,36,40)(H,37,39)/t28-,29-,30-/m1/s1. The quantitative estimate of drug-likeness (QED) is 0.289. The van der Waals surface area contributed by atoms with E-state index in [0.717, 1.165) is 30.4 Å². The molecule has 0 aromatic heterocycles. The molecule has 1 heterocycles. The highest BCUT2D eigenvalue weighted by molar-refractivity contribution is 5.89. The van der Waals surface area contributed by atoms with Crippen LogP contribution in [0.2, 0.25) is 0 Å². The van der Waals surface area contributed by atoms with Gasteiger partial charge in [0.1, 0.15) is 13.2 Å². The summed E-state index contributed by atoms with van der Waals surface area (Å²) < 4.78 is 11.2. The molecular formula is C35H44N2O7. The highest BCUT2D eigenvalue weighted by atomic mass is 16.6. The predicted octanol–water partition coefficient (Wildman–Crippen LogP) is 4.17. The zero-order chi connectivity index (χ0) is 31.2. The van der Waals surface area contributed by atoms with Gasteiger partial charge < -0.3 is 25.2 Å². The number of amides is 2. The van der Waals surface area contributed by atoms with E-state index in [1.54, 1.807) is 0 Å². The normalized spacial score (nSPS) is 22.7. The molecule has 0 saturated heterocycles. The third kappa shape index (κ3) is 10.0. The number of carbonyl (C=O) groups excluding carboxylic acids is 4. The molecular weight excluding hydrogens is 560 g/mol. The molecule has 1 aliphatic heterocycles. The van der Waals surface area contributed by atoms with E-state index in [4.69, 9.17) is 9.47 Å². The topological polar surface area (TPSA) is 131 Å². The van der Waals surface area contributed by atoms with Crippen LogP contribution in [-0.4, -0.2) is 53.7 Å². The maximum atomic E-state index is 13.6. The highest BCUT2D eigenvalue weighted by Gasteiger charge is 2.36. The summed E-state index contributed by atoms with van der Waals surface area (Å²) in [5.74, 6) is -3.18. The molecule has 2 amide bonds. The Hall–Kier alpha value is -3.98. The number of ether oxygens (including phenoxy) is 2. The predicted molar refractivity (Wildman–Crippen MR) is 165 cm³/mol. The summed E-state index contributed by atoms with van der Waals surface area (Å²) in [6, 6.07) is 17.6. The van der Waals surface area contributed by atoms with Crippen molar-refractivity contribution >= 4 is 23.8 Å². The molecule has 236 valence electrons. The molecule has 0 radical (unpaired) electrons. The Bertz CT molecular complexity index is 1260. The zero-order valence-corrected chi connectivity index (χ0v) is 25.2. The Kier molecular flexibility index (Phi) is 12.5. The summed E-state index contributed by atoms with van der Waals surface area (Å²) >= 11 is 0. The Balaban J connectivity index is 1.49. The van der Waals surface area contributed by atoms with Gasteiger partial charge in [-0.2, -0.15) is 0 Å². The smallest absolute Gasteiger partial charge is 0.332 e. The van der Waals surface area contributed by atoms with Gasteiger partial charge >= 0.3 is 11.9 Å². The average molecular weight is 605 g/mol. The van der Waals surface area contributed by atoms with Crippen LogP contribution in [0.4, 0.5) is 0 Å². The summed E-state index contributed by atoms with van der Waals surface area (Å²) in [5.41, 5.74) is 1.14. The first-order chi connectivity index (χ1) is 21.4. The van der Waals surface area contributed by atoms with E-state index in [9.17, 15) is 24.3 Å². The number of allylic oxidation sites excluding steroid dienone is 2. The van der Waals surface area contributed by atoms with E-state index in [0.29, 0.717) is 38.5 Å². The molecule has 1 fully saturated rings. The lowest BCUT2D eigenvalue weighted by Crippen LogP contribution is -2.51. The maximum Gasteiger partial charge on any atom is 0.332 e. The number of aliphatic hydroxyl groups is 1. The molecule has 1 saturated carbocycles. The number of benzene rings is 2. The second-order valence-corrected chi connectivity index (χ2v) is 11.9. The monoisotopic (exact) mass is 604 g/mol. The number of esters is 2. The summed E-state index contributed by atoms with van der Waals surface area (Å²) in [4.78, 5) is 53.1. The number of nitrogens with one attached hydrogen (secondary N) is 2. The minimum Gasteiger partial charge on any atom is -0.463 e. The SMILES string of the molecule is O=C(C[C@H]1CC=CCCC[C@H](Cc2ccccc2)C(=O)OC[C@H](C(=O)OCc2ccccc2)NC1=O)NC1(CO)CCCC1. The van der Waals surface area contributed by atoms with Crippen LogP contribution in [0.25, 0.3) is 0 Å². The fraction of sp³-hybridized carbons (Fsp3) is 0.486. The first kappa shape index (κ1) is 32.9. The molecule has 2 aliphatic rings. The number of hydrogen-bond acceptors (Lipinski definition) is 7. The van der Waals surface area contributed by atoms with Gasteiger partial charge in [0.05, 0.1) is 24.0 Å². The van der Waals surface area contributed by atoms with Crippen molar-refractivity contribution in [1.82, 2.24) is 10.6 Å². The Morgan fingerprint density at radius 3 is 2.30 bits per heavy atom. The van der Waals surface area contributed by atoms with Crippen molar-refractivity contribution in [3.05, 3.63) is 83.9 Å². The van der Waals surface area contributed by atoms with Gasteiger partial charge in [0.15, 0.2) is 6.04 Å². The highest BCUT2D eigenvalue weighted by Crippen LogP contribution is 2.29. The van der Waals surface area contributed by atoms with E-state index in [1.165, 1.54) is 0 Å². The molecule has 0 spiro atoms. The lowest BCUT2D eigenvalue weighted by atomic mass is 9.93. The minimum atomic E-state index is -1.25. The van der Waals surface area contributed by atoms with Crippen molar-refractivity contribution in [1.29, 1.82) is 0 Å². The first-order valence-electron chi connectivity index (χ1n) is 15.7. The second-order valence-electron chi connectivity index (χ2n) is 11.9. The molecule has 2 aromatic carbocycles. The third-order valence-corrected chi connectivity index (χ3v) is 8.46. The molecule has 0 unspecified atom stereocenters. The summed E-state index contributed by atoms with van der Waals surface area (Å²) in [7, 11) is 0. The van der Waals surface area contributed by atoms with Gasteiger partial charge in [0, 0.05) is 6.42 Å². The Labute approximate surface area is 259 Å². The molecule has 9 heteroatoms. The van der Waals surface area contributed by atoms with Gasteiger partial charge in [-0.3, -0.25) is 14.4 Å². The van der Waals surface area contributed by atoms with Gasteiger partial charge in [-0.25, -0.2) is 4.79 Å². The Morgan fingerprint density at radius 1 is 0.932 bits per heavy atom. The van der Waals surface area contributed by atoms with E-state index in [1.807, 2.05) is 72.8 Å². The molecule has 44 heavy (non-hydrogen) atoms. The number of aliphatic hydroxyl groups excluding tert-OH is 1. The van der Waals surface area contributed by atoms with Crippen LogP contribution in [0.3, 0.4) is 0 Å². The van der Waals surface area contributed by atoms with Gasteiger partial charge in [-0.05, 0) is 56.1 Å². The van der Waals surface area contributed by atoms with Crippen LogP contribution in [0.15, 0.2) is 72.8 Å². The van der Waals surface area contributed by atoms with Crippen molar-refractivity contribution in [3.8, 4) is 0 Å². The van der Waals surface area contributed by atoms with Crippen molar-refractivity contribution in [2.45, 2.75) is 82.4 Å². The van der Waals surface area contributed by atoms with Crippen LogP contribution >= 0.6 is 0 Å². The second kappa shape index (κ2) is 16.8. The Morgan fingerprint density at radius 2 is 1.61 bits per heavy atom. The van der Waals surface area contributed by atoms with E-state index in [-0.39, 0.29) is 32.1 Å². The van der Waals surface area contributed by atoms with Crippen LogP contribution in [0, 0.1) is 11.8 Å². The third-order valence-electron chi connectivity index (χ3n) is 8.46. The number of rotatable bonds is 9. The first-order valence-corrected chi connectivity index (χ1v) is 15.7. The van der Waals surface area contributed by atoms with Crippen LogP contribution < -0.4 is 10.6 Å². The fourth-order valence-electron chi connectivity index (χ4n) is 5.86. The molecule has 0 bridgehead atoms.